The molecule has 0 atom stereocenters. The first-order valence-corrected chi connectivity index (χ1v) is 8.55. The van der Waals surface area contributed by atoms with Crippen LogP contribution in [0.4, 0.5) is 5.69 Å². The molecule has 0 aliphatic heterocycles. The Balaban J connectivity index is 2.28. The van der Waals surface area contributed by atoms with E-state index in [4.69, 9.17) is 5.11 Å². The second-order valence-corrected chi connectivity index (χ2v) is 6.23. The van der Waals surface area contributed by atoms with Crippen LogP contribution in [-0.2, 0) is 4.79 Å². The number of rotatable bonds is 10. The fourth-order valence-corrected chi connectivity index (χ4v) is 3.04. The lowest BCUT2D eigenvalue weighted by Gasteiger charge is -2.06. The monoisotopic (exact) mass is 311 g/mol. The molecule has 118 valence electrons. The first kappa shape index (κ1) is 17.7. The summed E-state index contributed by atoms with van der Waals surface area (Å²) < 4.78 is 0. The van der Waals surface area contributed by atoms with Crippen molar-refractivity contribution in [3.05, 3.63) is 15.8 Å². The molecule has 21 heavy (non-hydrogen) atoms. The quantitative estimate of drug-likeness (QED) is 0.608. The summed E-state index contributed by atoms with van der Waals surface area (Å²) in [6.07, 6.45) is 8.60. The zero-order valence-electron chi connectivity index (χ0n) is 12.9. The molecule has 0 fully saturated rings. The van der Waals surface area contributed by atoms with Crippen molar-refractivity contribution in [1.29, 1.82) is 0 Å². The van der Waals surface area contributed by atoms with Crippen molar-refractivity contribution in [2.75, 3.05) is 5.32 Å². The number of carboxylic acids is 1. The van der Waals surface area contributed by atoms with E-state index in [1.165, 1.54) is 32.1 Å². The Morgan fingerprint density at radius 1 is 1.14 bits per heavy atom. The van der Waals surface area contributed by atoms with Crippen LogP contribution in [0, 0.1) is 6.92 Å². The van der Waals surface area contributed by atoms with Gasteiger partial charge in [-0.25, -0.2) is 4.79 Å². The summed E-state index contributed by atoms with van der Waals surface area (Å²) in [5.41, 5.74) is 1.27. The zero-order valence-corrected chi connectivity index (χ0v) is 13.7. The molecule has 0 aliphatic rings. The van der Waals surface area contributed by atoms with Gasteiger partial charge >= 0.3 is 5.97 Å². The maximum Gasteiger partial charge on any atom is 0.348 e. The molecule has 1 rings (SSSR count). The number of anilines is 1. The van der Waals surface area contributed by atoms with Crippen LogP contribution < -0.4 is 5.32 Å². The Morgan fingerprint density at radius 3 is 2.38 bits per heavy atom. The minimum Gasteiger partial charge on any atom is -0.477 e. The number of hydrogen-bond acceptors (Lipinski definition) is 3. The van der Waals surface area contributed by atoms with Gasteiger partial charge in [0.1, 0.15) is 4.88 Å². The van der Waals surface area contributed by atoms with Gasteiger partial charge in [-0.05, 0) is 24.3 Å². The van der Waals surface area contributed by atoms with E-state index in [2.05, 4.69) is 12.2 Å². The van der Waals surface area contributed by atoms with Gasteiger partial charge in [0.05, 0.1) is 5.69 Å². The summed E-state index contributed by atoms with van der Waals surface area (Å²) >= 11 is 1.15. The fraction of sp³-hybridized carbons (Fsp3) is 0.625. The molecule has 0 unspecified atom stereocenters. The largest absolute Gasteiger partial charge is 0.477 e. The zero-order chi connectivity index (χ0) is 15.7. The van der Waals surface area contributed by atoms with Crippen molar-refractivity contribution >= 4 is 28.9 Å². The van der Waals surface area contributed by atoms with E-state index in [-0.39, 0.29) is 10.8 Å². The predicted octanol–water partition coefficient (Wildman–Crippen LogP) is 4.83. The third-order valence-electron chi connectivity index (χ3n) is 3.44. The lowest BCUT2D eigenvalue weighted by molar-refractivity contribution is -0.116. The van der Waals surface area contributed by atoms with Crippen LogP contribution in [0.3, 0.4) is 0 Å². The molecule has 1 heterocycles. The van der Waals surface area contributed by atoms with Crippen LogP contribution in [0.1, 0.15) is 73.5 Å². The molecule has 2 N–H and O–H groups in total. The van der Waals surface area contributed by atoms with Gasteiger partial charge in [0.25, 0.3) is 0 Å². The molecule has 0 bridgehead atoms. The number of unbranched alkanes of at least 4 members (excludes halogenated alkanes) is 6. The highest BCUT2D eigenvalue weighted by atomic mass is 32.1. The minimum atomic E-state index is -0.987. The summed E-state index contributed by atoms with van der Waals surface area (Å²) in [5, 5.41) is 13.6. The van der Waals surface area contributed by atoms with E-state index in [0.717, 1.165) is 29.7 Å². The summed E-state index contributed by atoms with van der Waals surface area (Å²) in [4.78, 5) is 23.1. The van der Waals surface area contributed by atoms with E-state index in [9.17, 15) is 9.59 Å². The molecule has 0 aliphatic carbocycles. The number of aryl methyl sites for hydroxylation is 1. The number of aromatic carboxylic acids is 1. The molecule has 1 aromatic heterocycles. The topological polar surface area (TPSA) is 66.4 Å². The number of hydrogen-bond donors (Lipinski definition) is 2. The maximum absolute atomic E-state index is 11.9. The average molecular weight is 311 g/mol. The lowest BCUT2D eigenvalue weighted by atomic mass is 10.1. The second-order valence-electron chi connectivity index (χ2n) is 5.35. The van der Waals surface area contributed by atoms with E-state index in [1.807, 2.05) is 6.92 Å². The van der Waals surface area contributed by atoms with Gasteiger partial charge in [-0.2, -0.15) is 0 Å². The first-order chi connectivity index (χ1) is 10.1. The van der Waals surface area contributed by atoms with Gasteiger partial charge in [0, 0.05) is 6.42 Å². The Hall–Kier alpha value is -1.36. The van der Waals surface area contributed by atoms with Crippen LogP contribution in [0.25, 0.3) is 0 Å². The van der Waals surface area contributed by atoms with Crippen LogP contribution in [0.15, 0.2) is 5.38 Å². The molecule has 0 radical (unpaired) electrons. The number of nitrogens with one attached hydrogen (secondary N) is 1. The van der Waals surface area contributed by atoms with Gasteiger partial charge in [-0.15, -0.1) is 11.3 Å². The molecule has 0 aromatic carbocycles. The predicted molar refractivity (Wildman–Crippen MR) is 87.3 cm³/mol. The molecule has 0 saturated heterocycles. The molecule has 5 heteroatoms. The molecular formula is C16H25NO3S. The highest BCUT2D eigenvalue weighted by molar-refractivity contribution is 7.12. The number of thiophene rings is 1. The maximum atomic E-state index is 11.9. The standard InChI is InChI=1S/C16H25NO3S/c1-3-4-5-6-7-8-9-10-13(18)17-14-12(2)11-21-15(14)16(19)20/h11H,3-10H2,1-2H3,(H,17,18)(H,19,20). The Kier molecular flexibility index (Phi) is 8.05. The highest BCUT2D eigenvalue weighted by Gasteiger charge is 2.16. The molecule has 1 amide bonds. The van der Waals surface area contributed by atoms with Crippen LogP contribution in [-0.4, -0.2) is 17.0 Å². The fourth-order valence-electron chi connectivity index (χ4n) is 2.20. The Bertz CT molecular complexity index is 468. The van der Waals surface area contributed by atoms with Crippen molar-refractivity contribution in [2.24, 2.45) is 0 Å². The van der Waals surface area contributed by atoms with Gasteiger partial charge in [-0.1, -0.05) is 45.4 Å². The Morgan fingerprint density at radius 2 is 1.76 bits per heavy atom. The van der Waals surface area contributed by atoms with E-state index in [1.54, 1.807) is 5.38 Å². The van der Waals surface area contributed by atoms with Crippen molar-refractivity contribution in [1.82, 2.24) is 0 Å². The summed E-state index contributed by atoms with van der Waals surface area (Å²) in [7, 11) is 0. The first-order valence-electron chi connectivity index (χ1n) is 7.67. The lowest BCUT2D eigenvalue weighted by Crippen LogP contribution is -2.13. The third-order valence-corrected chi connectivity index (χ3v) is 4.53. The van der Waals surface area contributed by atoms with E-state index in [0.29, 0.717) is 12.1 Å². The van der Waals surface area contributed by atoms with Crippen LogP contribution >= 0.6 is 11.3 Å². The van der Waals surface area contributed by atoms with Gasteiger partial charge in [-0.3, -0.25) is 4.79 Å². The van der Waals surface area contributed by atoms with E-state index >= 15 is 0 Å². The van der Waals surface area contributed by atoms with Gasteiger partial charge in [0.2, 0.25) is 5.91 Å². The smallest absolute Gasteiger partial charge is 0.348 e. The van der Waals surface area contributed by atoms with Crippen molar-refractivity contribution < 1.29 is 14.7 Å². The van der Waals surface area contributed by atoms with Crippen LogP contribution in [0.5, 0.6) is 0 Å². The van der Waals surface area contributed by atoms with Crippen molar-refractivity contribution in [2.45, 2.75) is 65.2 Å². The molecule has 0 spiro atoms. The molecule has 4 nitrogen and oxygen atoms in total. The third kappa shape index (κ3) is 6.29. The summed E-state index contributed by atoms with van der Waals surface area (Å²) in [6.45, 7) is 4.01. The Labute approximate surface area is 130 Å². The number of carbonyl (C=O) groups is 2. The SMILES string of the molecule is CCCCCCCCCC(=O)Nc1c(C)csc1C(=O)O. The average Bonchev–Trinajstić information content (AvgIpc) is 2.79. The minimum absolute atomic E-state index is 0.0902. The highest BCUT2D eigenvalue weighted by Crippen LogP contribution is 2.27. The van der Waals surface area contributed by atoms with Crippen LogP contribution in [0.2, 0.25) is 0 Å². The van der Waals surface area contributed by atoms with E-state index < -0.39 is 5.97 Å². The van der Waals surface area contributed by atoms with Gasteiger partial charge in [0.15, 0.2) is 0 Å². The molecular weight excluding hydrogens is 286 g/mol. The summed E-state index contributed by atoms with van der Waals surface area (Å²) in [5.74, 6) is -1.08. The normalized spacial score (nSPS) is 10.6. The molecule has 0 saturated carbocycles. The van der Waals surface area contributed by atoms with Gasteiger partial charge < -0.3 is 10.4 Å². The van der Waals surface area contributed by atoms with Crippen molar-refractivity contribution in [3.63, 3.8) is 0 Å². The second kappa shape index (κ2) is 9.55. The number of amides is 1. The molecule has 1 aromatic rings. The summed E-state index contributed by atoms with van der Waals surface area (Å²) in [6, 6.07) is 0. The van der Waals surface area contributed by atoms with Crippen molar-refractivity contribution in [3.8, 4) is 0 Å². The number of carbonyl (C=O) groups excluding carboxylic acids is 1. The number of carboxylic acid groups (broad SMARTS) is 1.